The largest absolute Gasteiger partial charge is 0.504 e. The molecular weight excluding hydrogens is 355 g/mol. The normalized spacial score (nSPS) is 19.1. The van der Waals surface area contributed by atoms with E-state index >= 15 is 4.39 Å². The molecule has 3 N–H and O–H groups in total. The number of hydrogen-bond acceptors (Lipinski definition) is 6. The van der Waals surface area contributed by atoms with Gasteiger partial charge < -0.3 is 25.4 Å². The van der Waals surface area contributed by atoms with Crippen LogP contribution in [0.1, 0.15) is 22.3 Å². The van der Waals surface area contributed by atoms with Crippen LogP contribution in [0.3, 0.4) is 0 Å². The number of benzene rings is 1. The lowest BCUT2D eigenvalue weighted by molar-refractivity contribution is 0.0695. The molecule has 4 rings (SSSR count). The van der Waals surface area contributed by atoms with Crippen LogP contribution >= 0.6 is 0 Å². The number of anilines is 1. The highest BCUT2D eigenvalue weighted by molar-refractivity contribution is 5.99. The third-order valence-electron chi connectivity index (χ3n) is 5.61. The molecule has 1 aromatic heterocycles. The highest BCUT2D eigenvalue weighted by atomic mass is 19.1. The number of aromatic carboxylic acids is 1. The second-order valence-electron chi connectivity index (χ2n) is 7.09. The van der Waals surface area contributed by atoms with Crippen LogP contribution in [0.15, 0.2) is 11.0 Å². The molecule has 1 atom stereocenters. The van der Waals surface area contributed by atoms with Gasteiger partial charge in [0.1, 0.15) is 5.56 Å². The van der Waals surface area contributed by atoms with Crippen LogP contribution in [0.4, 0.5) is 10.1 Å². The molecular formula is C18H21FN4O4. The molecule has 0 spiro atoms. The number of phenols is 1. The van der Waals surface area contributed by atoms with Crippen LogP contribution in [0.2, 0.25) is 0 Å². The van der Waals surface area contributed by atoms with Gasteiger partial charge in [0.05, 0.1) is 16.6 Å². The third kappa shape index (κ3) is 2.45. The van der Waals surface area contributed by atoms with E-state index in [9.17, 15) is 19.8 Å². The summed E-state index contributed by atoms with van der Waals surface area (Å²) in [7, 11) is 3.61. The number of pyridine rings is 1. The van der Waals surface area contributed by atoms with Crippen molar-refractivity contribution in [3.05, 3.63) is 33.4 Å². The molecule has 0 aliphatic carbocycles. The van der Waals surface area contributed by atoms with Crippen LogP contribution in [0, 0.1) is 5.82 Å². The third-order valence-corrected chi connectivity index (χ3v) is 5.61. The fraction of sp³-hybridized carbons (Fsp3) is 0.444. The van der Waals surface area contributed by atoms with E-state index in [-0.39, 0.29) is 11.4 Å². The Hall–Kier alpha value is -2.81. The van der Waals surface area contributed by atoms with Crippen LogP contribution in [-0.4, -0.2) is 60.6 Å². The number of nitrogens with zero attached hydrogens (tertiary/aromatic N) is 3. The van der Waals surface area contributed by atoms with Crippen LogP contribution in [-0.2, 0) is 6.42 Å². The fourth-order valence-corrected chi connectivity index (χ4v) is 4.15. The first kappa shape index (κ1) is 17.6. The first-order chi connectivity index (χ1) is 12.8. The number of phenolic OH excluding ortho intramolecular Hbond substituents is 1. The second kappa shape index (κ2) is 6.12. The summed E-state index contributed by atoms with van der Waals surface area (Å²) in [6.45, 7) is 1.76. The summed E-state index contributed by atoms with van der Waals surface area (Å²) in [4.78, 5) is 26.0. The lowest BCUT2D eigenvalue weighted by atomic mass is 9.98. The first-order valence-corrected chi connectivity index (χ1v) is 8.84. The van der Waals surface area contributed by atoms with Gasteiger partial charge in [0.2, 0.25) is 5.43 Å². The summed E-state index contributed by atoms with van der Waals surface area (Å²) in [6.07, 6.45) is 2.59. The molecule has 1 saturated heterocycles. The van der Waals surface area contributed by atoms with Gasteiger partial charge in [-0.05, 0) is 19.9 Å². The summed E-state index contributed by atoms with van der Waals surface area (Å²) in [6, 6.07) is 0.220. The van der Waals surface area contributed by atoms with Crippen molar-refractivity contribution in [3.8, 4) is 5.75 Å². The highest BCUT2D eigenvalue weighted by Gasteiger charge is 2.33. The Labute approximate surface area is 154 Å². The molecule has 1 fully saturated rings. The molecule has 0 radical (unpaired) electrons. The molecule has 9 heteroatoms. The number of nitrogens with one attached hydrogen (secondary N) is 1. The number of carboxylic acid groups (broad SMARTS) is 1. The number of aromatic nitrogens is 1. The maximum Gasteiger partial charge on any atom is 0.341 e. The van der Waals surface area contributed by atoms with Gasteiger partial charge in [0.25, 0.3) is 0 Å². The van der Waals surface area contributed by atoms with Crippen molar-refractivity contribution < 1.29 is 19.4 Å². The van der Waals surface area contributed by atoms with Gasteiger partial charge in [-0.15, -0.1) is 0 Å². The van der Waals surface area contributed by atoms with E-state index in [0.29, 0.717) is 42.8 Å². The summed E-state index contributed by atoms with van der Waals surface area (Å²) in [5.41, 5.74) is -0.0596. The molecule has 8 nitrogen and oxygen atoms in total. The monoisotopic (exact) mass is 376 g/mol. The zero-order valence-electron chi connectivity index (χ0n) is 15.1. The summed E-state index contributed by atoms with van der Waals surface area (Å²) >= 11 is 0. The number of halogens is 1. The zero-order valence-corrected chi connectivity index (χ0v) is 15.1. The standard InChI is InChI=1S/C18H21FN4O4/c1-20-9-3-6-22(7-9)15-10-4-5-21(2)23-8-11(18(26)27)16(24)12(14(10)23)17(25)13(15)19/h8-9,20,25H,3-7H2,1-2H3,(H,26,27). The number of likely N-dealkylation sites (N-methyl/N-ethyl adjacent to an activating group) is 2. The molecule has 2 aromatic rings. The van der Waals surface area contributed by atoms with E-state index < -0.39 is 28.5 Å². The minimum Gasteiger partial charge on any atom is -0.504 e. The van der Waals surface area contributed by atoms with Crippen molar-refractivity contribution in [3.63, 3.8) is 0 Å². The van der Waals surface area contributed by atoms with E-state index in [1.165, 1.54) is 10.9 Å². The van der Waals surface area contributed by atoms with Gasteiger partial charge in [-0.1, -0.05) is 0 Å². The molecule has 144 valence electrons. The van der Waals surface area contributed by atoms with Crippen molar-refractivity contribution in [2.24, 2.45) is 0 Å². The Bertz CT molecular complexity index is 1020. The quantitative estimate of drug-likeness (QED) is 0.716. The minimum absolute atomic E-state index is 0.220. The molecule has 27 heavy (non-hydrogen) atoms. The lowest BCUT2D eigenvalue weighted by Crippen LogP contribution is -2.39. The molecule has 0 bridgehead atoms. The van der Waals surface area contributed by atoms with E-state index in [1.807, 2.05) is 11.9 Å². The van der Waals surface area contributed by atoms with Gasteiger partial charge in [0.15, 0.2) is 11.6 Å². The Morgan fingerprint density at radius 1 is 1.37 bits per heavy atom. The summed E-state index contributed by atoms with van der Waals surface area (Å²) in [5.74, 6) is -3.05. The molecule has 0 amide bonds. The molecule has 0 saturated carbocycles. The van der Waals surface area contributed by atoms with Gasteiger partial charge in [-0.3, -0.25) is 9.47 Å². The minimum atomic E-state index is -1.41. The molecule has 3 heterocycles. The molecule has 2 aliphatic heterocycles. The Morgan fingerprint density at radius 2 is 2.11 bits per heavy atom. The second-order valence-corrected chi connectivity index (χ2v) is 7.09. The number of carboxylic acids is 1. The highest BCUT2D eigenvalue weighted by Crippen LogP contribution is 2.41. The average Bonchev–Trinajstić information content (AvgIpc) is 3.10. The summed E-state index contributed by atoms with van der Waals surface area (Å²) < 4.78 is 16.7. The zero-order chi connectivity index (χ0) is 19.5. The van der Waals surface area contributed by atoms with Crippen LogP contribution in [0.5, 0.6) is 5.75 Å². The molecule has 1 aromatic carbocycles. The SMILES string of the molecule is CNC1CCN(c2c(F)c(O)c3c(=O)c(C(=O)O)cn4c3c2CCN4C)C1. The Morgan fingerprint density at radius 3 is 2.74 bits per heavy atom. The van der Waals surface area contributed by atoms with Crippen molar-refractivity contribution in [1.29, 1.82) is 0 Å². The first-order valence-electron chi connectivity index (χ1n) is 8.84. The van der Waals surface area contributed by atoms with Gasteiger partial charge >= 0.3 is 5.97 Å². The summed E-state index contributed by atoms with van der Waals surface area (Å²) in [5, 5.41) is 24.5. The van der Waals surface area contributed by atoms with Gasteiger partial charge in [-0.25, -0.2) is 9.18 Å². The van der Waals surface area contributed by atoms with E-state index in [1.54, 1.807) is 12.1 Å². The number of aromatic hydroxyl groups is 1. The molecule has 1 unspecified atom stereocenters. The maximum atomic E-state index is 15.2. The number of rotatable bonds is 3. The van der Waals surface area contributed by atoms with E-state index in [4.69, 9.17) is 0 Å². The van der Waals surface area contributed by atoms with E-state index in [0.717, 1.165) is 6.42 Å². The van der Waals surface area contributed by atoms with Crippen LogP contribution < -0.4 is 20.7 Å². The average molecular weight is 376 g/mol. The Kier molecular flexibility index (Phi) is 3.99. The Balaban J connectivity index is 2.07. The lowest BCUT2D eigenvalue weighted by Gasteiger charge is -2.34. The van der Waals surface area contributed by atoms with Crippen LogP contribution in [0.25, 0.3) is 10.9 Å². The van der Waals surface area contributed by atoms with Gasteiger partial charge in [0, 0.05) is 44.5 Å². The van der Waals surface area contributed by atoms with Gasteiger partial charge in [-0.2, -0.15) is 0 Å². The predicted molar refractivity (Wildman–Crippen MR) is 99.2 cm³/mol. The van der Waals surface area contributed by atoms with E-state index in [2.05, 4.69) is 5.32 Å². The van der Waals surface area contributed by atoms with Crippen molar-refractivity contribution >= 4 is 22.6 Å². The van der Waals surface area contributed by atoms with Crippen molar-refractivity contribution in [2.75, 3.05) is 43.6 Å². The topological polar surface area (TPSA) is 98.0 Å². The van der Waals surface area contributed by atoms with Crippen molar-refractivity contribution in [2.45, 2.75) is 18.9 Å². The number of carbonyl (C=O) groups is 1. The fourth-order valence-electron chi connectivity index (χ4n) is 4.15. The number of hydrogen-bond donors (Lipinski definition) is 3. The van der Waals surface area contributed by atoms with Crippen molar-refractivity contribution in [1.82, 2.24) is 9.99 Å². The molecule has 2 aliphatic rings. The maximum absolute atomic E-state index is 15.2. The smallest absolute Gasteiger partial charge is 0.341 e. The predicted octanol–water partition coefficient (Wildman–Crippen LogP) is 0.466.